The first-order valence-corrected chi connectivity index (χ1v) is 9.73. The van der Waals surface area contributed by atoms with Crippen LogP contribution < -0.4 is 5.32 Å². The van der Waals surface area contributed by atoms with Crippen molar-refractivity contribution in [3.63, 3.8) is 0 Å². The second kappa shape index (κ2) is 7.51. The highest BCUT2D eigenvalue weighted by Gasteiger charge is 2.50. The summed E-state index contributed by atoms with van der Waals surface area (Å²) in [5.41, 5.74) is 1.94. The average molecular weight is 401 g/mol. The smallest absolute Gasteiger partial charge is 0.280 e. The van der Waals surface area contributed by atoms with Gasteiger partial charge in [-0.3, -0.25) is 9.78 Å². The van der Waals surface area contributed by atoms with Crippen molar-refractivity contribution in [2.24, 2.45) is 0 Å². The summed E-state index contributed by atoms with van der Waals surface area (Å²) in [7, 11) is 0. The van der Waals surface area contributed by atoms with Crippen LogP contribution in [0.1, 0.15) is 18.4 Å². The SMILES string of the molecule is O=C(NCCn1cc(-c2nc(-c3cccnc3)no2)nn1)C1(c2ccccc2)CC1. The molecule has 1 N–H and O–H groups in total. The molecular formula is C21H19N7O2. The minimum atomic E-state index is -0.374. The van der Waals surface area contributed by atoms with Crippen LogP contribution in [-0.4, -0.2) is 42.6 Å². The van der Waals surface area contributed by atoms with Gasteiger partial charge in [-0.05, 0) is 30.5 Å². The van der Waals surface area contributed by atoms with Crippen molar-refractivity contribution >= 4 is 5.91 Å². The number of amides is 1. The Morgan fingerprint density at radius 3 is 2.80 bits per heavy atom. The third kappa shape index (κ3) is 3.45. The van der Waals surface area contributed by atoms with E-state index in [0.29, 0.717) is 24.6 Å². The number of aromatic nitrogens is 6. The lowest BCUT2D eigenvalue weighted by atomic mass is 9.95. The molecule has 1 saturated carbocycles. The number of rotatable bonds is 7. The fraction of sp³-hybridized carbons (Fsp3) is 0.238. The molecule has 1 aliphatic rings. The van der Waals surface area contributed by atoms with Gasteiger partial charge in [0.25, 0.3) is 5.89 Å². The van der Waals surface area contributed by atoms with Gasteiger partial charge in [0.1, 0.15) is 0 Å². The lowest BCUT2D eigenvalue weighted by Crippen LogP contribution is -2.36. The van der Waals surface area contributed by atoms with Crippen LogP contribution in [0.5, 0.6) is 0 Å². The molecule has 3 heterocycles. The number of nitrogens with one attached hydrogen (secondary N) is 1. The molecule has 150 valence electrons. The minimum absolute atomic E-state index is 0.0621. The summed E-state index contributed by atoms with van der Waals surface area (Å²) < 4.78 is 6.93. The summed E-state index contributed by atoms with van der Waals surface area (Å²) in [5.74, 6) is 0.785. The Morgan fingerprint density at radius 1 is 1.17 bits per heavy atom. The molecular weight excluding hydrogens is 382 g/mol. The number of benzene rings is 1. The first-order chi connectivity index (χ1) is 14.7. The van der Waals surface area contributed by atoms with Crippen LogP contribution in [0.2, 0.25) is 0 Å². The lowest BCUT2D eigenvalue weighted by Gasteiger charge is -2.15. The maximum absolute atomic E-state index is 12.7. The first-order valence-electron chi connectivity index (χ1n) is 9.73. The Kier molecular flexibility index (Phi) is 4.55. The van der Waals surface area contributed by atoms with E-state index in [1.165, 1.54) is 0 Å². The Hall–Kier alpha value is -3.88. The molecule has 0 unspecified atom stereocenters. The van der Waals surface area contributed by atoms with Gasteiger partial charge in [-0.15, -0.1) is 5.10 Å². The minimum Gasteiger partial charge on any atom is -0.353 e. The second-order valence-corrected chi connectivity index (χ2v) is 7.24. The molecule has 0 bridgehead atoms. The third-order valence-electron chi connectivity index (χ3n) is 5.24. The first kappa shape index (κ1) is 18.2. The van der Waals surface area contributed by atoms with Crippen molar-refractivity contribution in [3.8, 4) is 23.0 Å². The summed E-state index contributed by atoms with van der Waals surface area (Å²) >= 11 is 0. The predicted molar refractivity (Wildman–Crippen MR) is 107 cm³/mol. The van der Waals surface area contributed by atoms with Gasteiger partial charge in [0.2, 0.25) is 11.7 Å². The van der Waals surface area contributed by atoms with E-state index < -0.39 is 0 Å². The fourth-order valence-corrected chi connectivity index (χ4v) is 3.43. The summed E-state index contributed by atoms with van der Waals surface area (Å²) in [6.45, 7) is 0.953. The largest absolute Gasteiger partial charge is 0.353 e. The third-order valence-corrected chi connectivity index (χ3v) is 5.24. The molecule has 4 aromatic rings. The summed E-state index contributed by atoms with van der Waals surface area (Å²) in [6, 6.07) is 13.6. The van der Waals surface area contributed by atoms with E-state index in [4.69, 9.17) is 4.52 Å². The van der Waals surface area contributed by atoms with E-state index in [-0.39, 0.29) is 17.2 Å². The van der Waals surface area contributed by atoms with Crippen molar-refractivity contribution in [2.75, 3.05) is 6.54 Å². The molecule has 1 aromatic carbocycles. The van der Waals surface area contributed by atoms with Gasteiger partial charge in [-0.1, -0.05) is 40.7 Å². The van der Waals surface area contributed by atoms with E-state index in [0.717, 1.165) is 24.0 Å². The number of nitrogens with zero attached hydrogens (tertiary/aromatic N) is 6. The molecule has 0 aliphatic heterocycles. The van der Waals surface area contributed by atoms with Gasteiger partial charge >= 0.3 is 0 Å². The number of hydrogen-bond donors (Lipinski definition) is 1. The molecule has 0 radical (unpaired) electrons. The van der Waals surface area contributed by atoms with Gasteiger partial charge in [0.05, 0.1) is 18.2 Å². The van der Waals surface area contributed by atoms with E-state index in [1.54, 1.807) is 29.3 Å². The normalized spacial score (nSPS) is 14.4. The van der Waals surface area contributed by atoms with E-state index in [1.807, 2.05) is 36.4 Å². The van der Waals surface area contributed by atoms with Gasteiger partial charge in [-0.25, -0.2) is 4.68 Å². The quantitative estimate of drug-likeness (QED) is 0.505. The number of carbonyl (C=O) groups excluding carboxylic acids is 1. The Bertz CT molecular complexity index is 1150. The summed E-state index contributed by atoms with van der Waals surface area (Å²) in [4.78, 5) is 21.1. The highest BCUT2D eigenvalue weighted by Crippen LogP contribution is 2.48. The highest BCUT2D eigenvalue weighted by molar-refractivity contribution is 5.91. The van der Waals surface area contributed by atoms with E-state index in [9.17, 15) is 4.79 Å². The van der Waals surface area contributed by atoms with Crippen LogP contribution in [0, 0.1) is 0 Å². The molecule has 0 atom stereocenters. The van der Waals surface area contributed by atoms with Crippen molar-refractivity contribution in [1.82, 2.24) is 35.4 Å². The zero-order valence-electron chi connectivity index (χ0n) is 16.1. The fourth-order valence-electron chi connectivity index (χ4n) is 3.43. The van der Waals surface area contributed by atoms with Crippen molar-refractivity contribution in [2.45, 2.75) is 24.8 Å². The molecule has 5 rings (SSSR count). The van der Waals surface area contributed by atoms with E-state index in [2.05, 4.69) is 30.8 Å². The van der Waals surface area contributed by atoms with Gasteiger partial charge in [0, 0.05) is 24.5 Å². The molecule has 1 aliphatic carbocycles. The van der Waals surface area contributed by atoms with E-state index >= 15 is 0 Å². The number of carbonyl (C=O) groups is 1. The molecule has 0 saturated heterocycles. The summed E-state index contributed by atoms with van der Waals surface area (Å²) in [6.07, 6.45) is 6.83. The predicted octanol–water partition coefficient (Wildman–Crippen LogP) is 2.24. The molecule has 0 spiro atoms. The number of pyridine rings is 1. The van der Waals surface area contributed by atoms with Crippen molar-refractivity contribution in [1.29, 1.82) is 0 Å². The van der Waals surface area contributed by atoms with Crippen molar-refractivity contribution < 1.29 is 9.32 Å². The Morgan fingerprint density at radius 2 is 2.03 bits per heavy atom. The van der Waals surface area contributed by atoms with Gasteiger partial charge in [-0.2, -0.15) is 4.98 Å². The van der Waals surface area contributed by atoms with Gasteiger partial charge in [0.15, 0.2) is 5.69 Å². The highest BCUT2D eigenvalue weighted by atomic mass is 16.5. The lowest BCUT2D eigenvalue weighted by molar-refractivity contribution is -0.123. The van der Waals surface area contributed by atoms with Crippen LogP contribution in [0.25, 0.3) is 23.0 Å². The standard InChI is InChI=1S/C21H19N7O2/c29-20(21(8-9-21)16-6-2-1-3-7-16)23-11-12-28-14-17(25-27-28)19-24-18(26-30-19)15-5-4-10-22-13-15/h1-7,10,13-14H,8-9,11-12H2,(H,23,29). The Balaban J connectivity index is 1.19. The maximum Gasteiger partial charge on any atom is 0.280 e. The van der Waals surface area contributed by atoms with Crippen LogP contribution in [0.4, 0.5) is 0 Å². The molecule has 9 nitrogen and oxygen atoms in total. The topological polar surface area (TPSA) is 112 Å². The average Bonchev–Trinajstić information content (AvgIpc) is 3.23. The monoisotopic (exact) mass is 401 g/mol. The molecule has 3 aromatic heterocycles. The van der Waals surface area contributed by atoms with Gasteiger partial charge < -0.3 is 9.84 Å². The maximum atomic E-state index is 12.7. The Labute approximate surface area is 172 Å². The molecule has 1 fully saturated rings. The van der Waals surface area contributed by atoms with Crippen LogP contribution >= 0.6 is 0 Å². The van der Waals surface area contributed by atoms with Crippen LogP contribution in [0.3, 0.4) is 0 Å². The van der Waals surface area contributed by atoms with Crippen molar-refractivity contribution in [3.05, 3.63) is 66.6 Å². The van der Waals surface area contributed by atoms with Crippen LogP contribution in [0.15, 0.2) is 65.6 Å². The zero-order chi connectivity index (χ0) is 20.4. The second-order valence-electron chi connectivity index (χ2n) is 7.24. The molecule has 30 heavy (non-hydrogen) atoms. The molecule has 9 heteroatoms. The number of hydrogen-bond acceptors (Lipinski definition) is 7. The molecule has 1 amide bonds. The van der Waals surface area contributed by atoms with Crippen LogP contribution in [-0.2, 0) is 16.8 Å². The summed E-state index contributed by atoms with van der Waals surface area (Å²) in [5, 5.41) is 15.2. The zero-order valence-corrected chi connectivity index (χ0v) is 16.1.